The van der Waals surface area contributed by atoms with Crippen LogP contribution in [0.2, 0.25) is 0 Å². The fourth-order valence-electron chi connectivity index (χ4n) is 10.2. The van der Waals surface area contributed by atoms with E-state index in [1.54, 1.807) is 0 Å². The van der Waals surface area contributed by atoms with Crippen LogP contribution in [-0.2, 0) is 28.6 Å². The highest BCUT2D eigenvalue weighted by Gasteiger charge is 2.19. The molecule has 0 fully saturated rings. The van der Waals surface area contributed by atoms with Crippen LogP contribution < -0.4 is 0 Å². The lowest BCUT2D eigenvalue weighted by molar-refractivity contribution is -0.167. The quantitative estimate of drug-likeness (QED) is 0.0343. The summed E-state index contributed by atoms with van der Waals surface area (Å²) in [6.07, 6.45) is 62.4. The van der Waals surface area contributed by atoms with E-state index in [-0.39, 0.29) is 31.1 Å². The van der Waals surface area contributed by atoms with Crippen LogP contribution in [0.4, 0.5) is 0 Å². The number of rotatable bonds is 59. The van der Waals surface area contributed by atoms with Gasteiger partial charge in [-0.1, -0.05) is 330 Å². The predicted molar refractivity (Wildman–Crippen MR) is 312 cm³/mol. The Kier molecular flexibility index (Phi) is 55.9. The van der Waals surface area contributed by atoms with Crippen molar-refractivity contribution in [2.24, 2.45) is 17.8 Å². The fraction of sp³-hybridized carbons (Fsp3) is 0.955. The predicted octanol–water partition coefficient (Wildman–Crippen LogP) is 21.8. The molecule has 6 heteroatoms. The van der Waals surface area contributed by atoms with Crippen LogP contribution in [-0.4, -0.2) is 37.2 Å². The van der Waals surface area contributed by atoms with Gasteiger partial charge in [0.2, 0.25) is 0 Å². The molecule has 0 aliphatic rings. The second-order valence-electron chi connectivity index (χ2n) is 24.0. The van der Waals surface area contributed by atoms with E-state index in [0.717, 1.165) is 75.5 Å². The monoisotopic (exact) mass is 1020 g/mol. The lowest BCUT2D eigenvalue weighted by Gasteiger charge is -2.18. The second kappa shape index (κ2) is 57.1. The fourth-order valence-corrected chi connectivity index (χ4v) is 10.2. The van der Waals surface area contributed by atoms with Crippen LogP contribution in [0.5, 0.6) is 0 Å². The largest absolute Gasteiger partial charge is 0.462 e. The number of hydrogen-bond acceptors (Lipinski definition) is 6. The zero-order chi connectivity index (χ0) is 52.6. The minimum Gasteiger partial charge on any atom is -0.462 e. The summed E-state index contributed by atoms with van der Waals surface area (Å²) >= 11 is 0. The summed E-state index contributed by atoms with van der Waals surface area (Å²) in [5, 5.41) is 0. The van der Waals surface area contributed by atoms with Crippen molar-refractivity contribution < 1.29 is 28.6 Å². The van der Waals surface area contributed by atoms with Crippen molar-refractivity contribution in [1.29, 1.82) is 0 Å². The summed E-state index contributed by atoms with van der Waals surface area (Å²) in [7, 11) is 0. The highest BCUT2D eigenvalue weighted by molar-refractivity contribution is 5.71. The van der Waals surface area contributed by atoms with Crippen LogP contribution in [0, 0.1) is 17.8 Å². The SMILES string of the molecule is CCC(C)CCCCCCCCCCCCCCCCCCCCC(=O)OC[C@@H](COC(=O)CCCCCCCCCCCCCCCC(C)C)OC(=O)CCCCCCCCCCCCCCCC(C)C. The first-order chi connectivity index (χ1) is 35.1. The molecular formula is C66H128O6. The van der Waals surface area contributed by atoms with Gasteiger partial charge in [0.15, 0.2) is 6.10 Å². The first kappa shape index (κ1) is 70.4. The maximum Gasteiger partial charge on any atom is 0.306 e. The van der Waals surface area contributed by atoms with Crippen LogP contribution >= 0.6 is 0 Å². The van der Waals surface area contributed by atoms with Crippen LogP contribution in [0.3, 0.4) is 0 Å². The summed E-state index contributed by atoms with van der Waals surface area (Å²) in [5.74, 6) is 1.75. The average molecular weight is 1020 g/mol. The zero-order valence-corrected chi connectivity index (χ0v) is 49.7. The molecule has 0 aromatic heterocycles. The number of unbranched alkanes of at least 4 members (excludes halogenated alkanes) is 41. The Labute approximate surface area is 450 Å². The van der Waals surface area contributed by atoms with Crippen molar-refractivity contribution in [3.63, 3.8) is 0 Å². The van der Waals surface area contributed by atoms with Crippen LogP contribution in [0.15, 0.2) is 0 Å². The summed E-state index contributed by atoms with van der Waals surface area (Å²) < 4.78 is 17.0. The number of esters is 3. The van der Waals surface area contributed by atoms with E-state index in [4.69, 9.17) is 14.2 Å². The minimum absolute atomic E-state index is 0.0625. The third-order valence-electron chi connectivity index (χ3n) is 15.5. The third kappa shape index (κ3) is 57.7. The smallest absolute Gasteiger partial charge is 0.306 e. The molecule has 0 aromatic rings. The van der Waals surface area contributed by atoms with Gasteiger partial charge in [-0.2, -0.15) is 0 Å². The average Bonchev–Trinajstić information content (AvgIpc) is 3.36. The Balaban J connectivity index is 4.26. The maximum absolute atomic E-state index is 12.9. The molecule has 0 N–H and O–H groups in total. The van der Waals surface area contributed by atoms with Gasteiger partial charge in [-0.05, 0) is 37.0 Å². The maximum atomic E-state index is 12.9. The van der Waals surface area contributed by atoms with E-state index in [9.17, 15) is 14.4 Å². The highest BCUT2D eigenvalue weighted by Crippen LogP contribution is 2.20. The molecule has 0 spiro atoms. The molecule has 428 valence electrons. The molecule has 0 radical (unpaired) electrons. The Morgan fingerprint density at radius 1 is 0.278 bits per heavy atom. The van der Waals surface area contributed by atoms with E-state index in [0.29, 0.717) is 19.3 Å². The van der Waals surface area contributed by atoms with Gasteiger partial charge in [0.1, 0.15) is 13.2 Å². The summed E-state index contributed by atoms with van der Waals surface area (Å²) in [6, 6.07) is 0. The first-order valence-electron chi connectivity index (χ1n) is 32.6. The number of hydrogen-bond donors (Lipinski definition) is 0. The summed E-state index contributed by atoms with van der Waals surface area (Å²) in [5.41, 5.74) is 0. The molecule has 0 saturated heterocycles. The summed E-state index contributed by atoms with van der Waals surface area (Å²) in [4.78, 5) is 38.3. The third-order valence-corrected chi connectivity index (χ3v) is 15.5. The molecule has 0 aliphatic carbocycles. The minimum atomic E-state index is -0.765. The van der Waals surface area contributed by atoms with Crippen molar-refractivity contribution in [2.75, 3.05) is 13.2 Å². The standard InChI is InChI=1S/C66H128O6/c1-7-62(6)54-48-42-36-30-24-18-12-10-8-9-11-13-19-25-31-37-43-49-55-64(67)70-58-63(72-66(69)57-51-45-39-33-27-21-15-17-23-29-35-41-47-53-61(4)5)59-71-65(68)56-50-44-38-32-26-20-14-16-22-28-34-40-46-52-60(2)3/h60-63H,7-59H2,1-6H3/t62?,63-/m0/s1. The van der Waals surface area contributed by atoms with Gasteiger partial charge in [0, 0.05) is 19.3 Å². The number of ether oxygens (including phenoxy) is 3. The Morgan fingerprint density at radius 3 is 0.722 bits per heavy atom. The topological polar surface area (TPSA) is 78.9 Å². The molecule has 0 aromatic carbocycles. The Hall–Kier alpha value is -1.59. The van der Waals surface area contributed by atoms with E-state index in [2.05, 4.69) is 41.5 Å². The molecule has 0 aliphatic heterocycles. The molecule has 6 nitrogen and oxygen atoms in total. The van der Waals surface area contributed by atoms with E-state index in [1.807, 2.05) is 0 Å². The van der Waals surface area contributed by atoms with Gasteiger partial charge < -0.3 is 14.2 Å². The molecular weight excluding hydrogens is 889 g/mol. The molecule has 0 saturated carbocycles. The van der Waals surface area contributed by atoms with E-state index < -0.39 is 6.10 Å². The molecule has 2 atom stereocenters. The van der Waals surface area contributed by atoms with Crippen LogP contribution in [0.25, 0.3) is 0 Å². The molecule has 0 amide bonds. The molecule has 72 heavy (non-hydrogen) atoms. The van der Waals surface area contributed by atoms with Crippen molar-refractivity contribution in [3.05, 3.63) is 0 Å². The molecule has 0 rings (SSSR count). The van der Waals surface area contributed by atoms with E-state index >= 15 is 0 Å². The number of carbonyl (C=O) groups is 3. The molecule has 0 bridgehead atoms. The van der Waals surface area contributed by atoms with Crippen molar-refractivity contribution in [1.82, 2.24) is 0 Å². The number of carbonyl (C=O) groups excluding carboxylic acids is 3. The summed E-state index contributed by atoms with van der Waals surface area (Å²) in [6.45, 7) is 13.8. The van der Waals surface area contributed by atoms with Gasteiger partial charge in [0.05, 0.1) is 0 Å². The Bertz CT molecular complexity index is 1120. The molecule has 1 unspecified atom stereocenters. The second-order valence-corrected chi connectivity index (χ2v) is 24.0. The van der Waals surface area contributed by atoms with Gasteiger partial charge in [-0.3, -0.25) is 14.4 Å². The van der Waals surface area contributed by atoms with Gasteiger partial charge in [0.25, 0.3) is 0 Å². The van der Waals surface area contributed by atoms with Gasteiger partial charge in [-0.15, -0.1) is 0 Å². The van der Waals surface area contributed by atoms with Crippen molar-refractivity contribution >= 4 is 17.9 Å². The van der Waals surface area contributed by atoms with Gasteiger partial charge >= 0.3 is 17.9 Å². The van der Waals surface area contributed by atoms with Crippen molar-refractivity contribution in [3.8, 4) is 0 Å². The normalized spacial score (nSPS) is 12.5. The lowest BCUT2D eigenvalue weighted by atomic mass is 9.99. The highest BCUT2D eigenvalue weighted by atomic mass is 16.6. The lowest BCUT2D eigenvalue weighted by Crippen LogP contribution is -2.30. The molecule has 0 heterocycles. The van der Waals surface area contributed by atoms with E-state index in [1.165, 1.54) is 250 Å². The zero-order valence-electron chi connectivity index (χ0n) is 49.7. The van der Waals surface area contributed by atoms with Crippen molar-refractivity contribution in [2.45, 2.75) is 375 Å². The first-order valence-corrected chi connectivity index (χ1v) is 32.6. The van der Waals surface area contributed by atoms with Gasteiger partial charge in [-0.25, -0.2) is 0 Å². The Morgan fingerprint density at radius 2 is 0.486 bits per heavy atom. The van der Waals surface area contributed by atoms with Crippen LogP contribution in [0.1, 0.15) is 369 Å².